The molecule has 0 bridgehead atoms. The van der Waals surface area contributed by atoms with Gasteiger partial charge in [-0.1, -0.05) is 0 Å². The van der Waals surface area contributed by atoms with Crippen molar-refractivity contribution in [1.29, 1.82) is 0 Å². The predicted octanol–water partition coefficient (Wildman–Crippen LogP) is 3.00. The Kier molecular flexibility index (Phi) is 5.40. The summed E-state index contributed by atoms with van der Waals surface area (Å²) in [5, 5.41) is 0. The van der Waals surface area contributed by atoms with Crippen LogP contribution in [0, 0.1) is 5.82 Å². The fourth-order valence-electron chi connectivity index (χ4n) is 1.47. The third-order valence-electron chi connectivity index (χ3n) is 2.25. The van der Waals surface area contributed by atoms with Gasteiger partial charge in [-0.05, 0) is 12.5 Å². The molecule has 1 aromatic heterocycles. The van der Waals surface area contributed by atoms with Crippen molar-refractivity contribution in [2.45, 2.75) is 25.7 Å². The largest absolute Gasteiger partial charge is 0.466 e. The molecule has 1 aromatic rings. The van der Waals surface area contributed by atoms with Gasteiger partial charge in [0.25, 0.3) is 6.43 Å². The van der Waals surface area contributed by atoms with E-state index in [9.17, 15) is 18.0 Å². The van der Waals surface area contributed by atoms with E-state index in [0.717, 1.165) is 0 Å². The number of aromatic nitrogens is 1. The van der Waals surface area contributed by atoms with Gasteiger partial charge in [-0.25, -0.2) is 13.2 Å². The van der Waals surface area contributed by atoms with Crippen molar-refractivity contribution < 1.29 is 22.7 Å². The number of nitrogens with zero attached hydrogens (tertiary/aromatic N) is 1. The van der Waals surface area contributed by atoms with E-state index in [1.165, 1.54) is 0 Å². The molecule has 0 unspecified atom stereocenters. The fraction of sp³-hybridized carbons (Fsp3) is 0.455. The maximum Gasteiger partial charge on any atom is 0.310 e. The zero-order valence-corrected chi connectivity index (χ0v) is 10.3. The zero-order chi connectivity index (χ0) is 13.7. The molecule has 0 atom stereocenters. The van der Waals surface area contributed by atoms with Crippen LogP contribution >= 0.6 is 11.6 Å². The molecule has 0 aliphatic carbocycles. The number of ether oxygens (including phenoxy) is 1. The predicted molar refractivity (Wildman–Crippen MR) is 59.0 cm³/mol. The van der Waals surface area contributed by atoms with Gasteiger partial charge in [0.1, 0.15) is 11.5 Å². The molecule has 0 aliphatic rings. The average molecular weight is 282 g/mol. The molecule has 3 nitrogen and oxygen atoms in total. The van der Waals surface area contributed by atoms with Crippen molar-refractivity contribution in [3.8, 4) is 0 Å². The lowest BCUT2D eigenvalue weighted by Crippen LogP contribution is -2.13. The molecule has 0 radical (unpaired) electrons. The van der Waals surface area contributed by atoms with Gasteiger partial charge in [0.2, 0.25) is 0 Å². The number of halogens is 4. The molecule has 0 fully saturated rings. The van der Waals surface area contributed by atoms with Gasteiger partial charge in [-0.2, -0.15) is 0 Å². The fourth-order valence-corrected chi connectivity index (χ4v) is 1.76. The van der Waals surface area contributed by atoms with Crippen LogP contribution in [0.1, 0.15) is 30.2 Å². The number of carbonyl (C=O) groups is 1. The smallest absolute Gasteiger partial charge is 0.310 e. The molecule has 1 heterocycles. The molecular weight excluding hydrogens is 271 g/mol. The minimum atomic E-state index is -2.91. The molecule has 18 heavy (non-hydrogen) atoms. The quantitative estimate of drug-likeness (QED) is 0.615. The molecule has 0 aromatic carbocycles. The Morgan fingerprint density at radius 2 is 2.17 bits per heavy atom. The van der Waals surface area contributed by atoms with E-state index in [1.54, 1.807) is 6.92 Å². The summed E-state index contributed by atoms with van der Waals surface area (Å²) in [6, 6.07) is 0. The van der Waals surface area contributed by atoms with Gasteiger partial charge in [0.05, 0.1) is 25.1 Å². The van der Waals surface area contributed by atoms with E-state index in [-0.39, 0.29) is 23.6 Å². The number of alkyl halides is 3. The summed E-state index contributed by atoms with van der Waals surface area (Å²) in [6.45, 7) is 1.69. The molecule has 100 valence electrons. The third kappa shape index (κ3) is 3.35. The number of esters is 1. The van der Waals surface area contributed by atoms with Crippen molar-refractivity contribution in [2.75, 3.05) is 6.61 Å². The summed E-state index contributed by atoms with van der Waals surface area (Å²) in [4.78, 5) is 14.6. The monoisotopic (exact) mass is 281 g/mol. The summed E-state index contributed by atoms with van der Waals surface area (Å²) < 4.78 is 43.5. The van der Waals surface area contributed by atoms with Crippen LogP contribution in [0.15, 0.2) is 6.20 Å². The molecule has 1 rings (SSSR count). The summed E-state index contributed by atoms with van der Waals surface area (Å²) in [5.41, 5.74) is -0.978. The Bertz CT molecular complexity index is 441. The Morgan fingerprint density at radius 3 is 2.67 bits per heavy atom. The zero-order valence-electron chi connectivity index (χ0n) is 9.55. The van der Waals surface area contributed by atoms with Crippen LogP contribution in [0.25, 0.3) is 0 Å². The molecule has 0 spiro atoms. The minimum Gasteiger partial charge on any atom is -0.466 e. The minimum absolute atomic E-state index is 0.113. The molecule has 7 heteroatoms. The van der Waals surface area contributed by atoms with Crippen molar-refractivity contribution in [3.05, 3.63) is 28.8 Å². The lowest BCUT2D eigenvalue weighted by atomic mass is 10.0. The van der Waals surface area contributed by atoms with Crippen LogP contribution in [0.2, 0.25) is 0 Å². The average Bonchev–Trinajstić information content (AvgIpc) is 2.29. The molecule has 0 N–H and O–H groups in total. The Balaban J connectivity index is 3.19. The maximum absolute atomic E-state index is 13.4. The normalized spacial score (nSPS) is 10.8. The number of rotatable bonds is 5. The second kappa shape index (κ2) is 6.58. The van der Waals surface area contributed by atoms with E-state index in [1.807, 2.05) is 0 Å². The Labute approximate surface area is 107 Å². The van der Waals surface area contributed by atoms with E-state index in [4.69, 9.17) is 11.6 Å². The van der Waals surface area contributed by atoms with Gasteiger partial charge >= 0.3 is 5.97 Å². The van der Waals surface area contributed by atoms with Crippen LogP contribution in [0.3, 0.4) is 0 Å². The van der Waals surface area contributed by atoms with Gasteiger partial charge in [0, 0.05) is 5.56 Å². The number of carbonyl (C=O) groups excluding carboxylic acids is 1. The van der Waals surface area contributed by atoms with E-state index in [2.05, 4.69) is 9.72 Å². The second-order valence-electron chi connectivity index (χ2n) is 3.36. The van der Waals surface area contributed by atoms with E-state index >= 15 is 0 Å². The molecule has 0 saturated carbocycles. The Hall–Kier alpha value is -1.30. The van der Waals surface area contributed by atoms with Crippen LogP contribution in [-0.2, 0) is 21.8 Å². The SMILES string of the molecule is CCOC(=O)Cc1c(C(F)F)ncc(F)c1CCl. The topological polar surface area (TPSA) is 39.2 Å². The standard InChI is InChI=1S/C11H11ClF3NO2/c1-2-18-9(17)3-6-7(4-12)8(13)5-16-10(6)11(14)15/h5,11H,2-4H2,1H3. The highest BCUT2D eigenvalue weighted by molar-refractivity contribution is 6.17. The first kappa shape index (κ1) is 14.8. The second-order valence-corrected chi connectivity index (χ2v) is 3.63. The van der Waals surface area contributed by atoms with Crippen LogP contribution in [-0.4, -0.2) is 17.6 Å². The van der Waals surface area contributed by atoms with Crippen LogP contribution < -0.4 is 0 Å². The summed E-state index contributed by atoms with van der Waals surface area (Å²) in [6.07, 6.45) is -2.70. The highest BCUT2D eigenvalue weighted by Gasteiger charge is 2.22. The number of pyridine rings is 1. The maximum atomic E-state index is 13.4. The first-order chi connectivity index (χ1) is 8.51. The first-order valence-corrected chi connectivity index (χ1v) is 5.70. The molecule has 0 aliphatic heterocycles. The van der Waals surface area contributed by atoms with Gasteiger partial charge in [-0.3, -0.25) is 9.78 Å². The number of hydrogen-bond donors (Lipinski definition) is 0. The molecule has 0 amide bonds. The third-order valence-corrected chi connectivity index (χ3v) is 2.51. The van der Waals surface area contributed by atoms with Gasteiger partial charge in [0.15, 0.2) is 0 Å². The van der Waals surface area contributed by atoms with Crippen molar-refractivity contribution >= 4 is 17.6 Å². The highest BCUT2D eigenvalue weighted by Crippen LogP contribution is 2.26. The van der Waals surface area contributed by atoms with Gasteiger partial charge in [-0.15, -0.1) is 11.6 Å². The van der Waals surface area contributed by atoms with Crippen molar-refractivity contribution in [1.82, 2.24) is 4.98 Å². The highest BCUT2D eigenvalue weighted by atomic mass is 35.5. The summed E-state index contributed by atoms with van der Waals surface area (Å²) >= 11 is 5.51. The van der Waals surface area contributed by atoms with Crippen molar-refractivity contribution in [2.24, 2.45) is 0 Å². The van der Waals surface area contributed by atoms with Gasteiger partial charge < -0.3 is 4.74 Å². The summed E-state index contributed by atoms with van der Waals surface area (Å²) in [7, 11) is 0. The van der Waals surface area contributed by atoms with Crippen LogP contribution in [0.5, 0.6) is 0 Å². The van der Waals surface area contributed by atoms with E-state index < -0.39 is 30.3 Å². The lowest BCUT2D eigenvalue weighted by Gasteiger charge is -2.12. The molecular formula is C11H11ClF3NO2. The molecule has 0 saturated heterocycles. The first-order valence-electron chi connectivity index (χ1n) is 5.17. The van der Waals surface area contributed by atoms with Crippen molar-refractivity contribution in [3.63, 3.8) is 0 Å². The summed E-state index contributed by atoms with van der Waals surface area (Å²) in [5.74, 6) is -1.85. The Morgan fingerprint density at radius 1 is 1.50 bits per heavy atom. The lowest BCUT2D eigenvalue weighted by molar-refractivity contribution is -0.142. The van der Waals surface area contributed by atoms with E-state index in [0.29, 0.717) is 6.20 Å². The van der Waals surface area contributed by atoms with Crippen LogP contribution in [0.4, 0.5) is 13.2 Å². The number of hydrogen-bond acceptors (Lipinski definition) is 3.